The summed E-state index contributed by atoms with van der Waals surface area (Å²) in [5, 5.41) is 10.3. The van der Waals surface area contributed by atoms with Crippen molar-refractivity contribution in [2.45, 2.75) is 66.0 Å². The molecule has 1 amide bonds. The van der Waals surface area contributed by atoms with Crippen LogP contribution in [0, 0.1) is 17.3 Å². The highest BCUT2D eigenvalue weighted by Gasteiger charge is 2.32. The highest BCUT2D eigenvalue weighted by atomic mass is 16.3. The second-order valence-electron chi connectivity index (χ2n) is 7.88. The molecular weight excluding hydrogens is 252 g/mol. The molecule has 118 valence electrons. The van der Waals surface area contributed by atoms with Crippen LogP contribution >= 0.6 is 0 Å². The molecule has 4 nitrogen and oxygen atoms in total. The van der Waals surface area contributed by atoms with Gasteiger partial charge in [-0.25, -0.2) is 0 Å². The van der Waals surface area contributed by atoms with Crippen molar-refractivity contribution in [3.05, 3.63) is 0 Å². The smallest absolute Gasteiger partial charge is 0.222 e. The predicted molar refractivity (Wildman–Crippen MR) is 82.2 cm³/mol. The van der Waals surface area contributed by atoms with Crippen molar-refractivity contribution in [2.24, 2.45) is 23.0 Å². The number of aliphatic hydroxyl groups excluding tert-OH is 1. The fourth-order valence-electron chi connectivity index (χ4n) is 2.77. The van der Waals surface area contributed by atoms with Gasteiger partial charge in [0.1, 0.15) is 0 Å². The van der Waals surface area contributed by atoms with Crippen molar-refractivity contribution in [1.82, 2.24) is 4.90 Å². The van der Waals surface area contributed by atoms with E-state index in [2.05, 4.69) is 13.8 Å². The van der Waals surface area contributed by atoms with Crippen LogP contribution in [0.4, 0.5) is 0 Å². The molecule has 0 radical (unpaired) electrons. The molecule has 0 aromatic rings. The lowest BCUT2D eigenvalue weighted by Crippen LogP contribution is -2.50. The predicted octanol–water partition coefficient (Wildman–Crippen LogP) is 2.01. The molecule has 3 N–H and O–H groups in total. The van der Waals surface area contributed by atoms with Crippen LogP contribution in [-0.4, -0.2) is 41.1 Å². The number of carbonyl (C=O) groups excluding carboxylic acids is 1. The summed E-state index contributed by atoms with van der Waals surface area (Å²) in [5.41, 5.74) is 5.98. The fraction of sp³-hybridized carbons (Fsp3) is 0.938. The standard InChI is InChI=1S/C16H32N2O2/c1-11(2)6-15(20)18-9-12(7-13(17)10-18)8-14(19)16(3,4)5/h11-14,19H,6-10,17H2,1-5H3. The molecule has 4 heteroatoms. The van der Waals surface area contributed by atoms with E-state index in [0.29, 0.717) is 24.8 Å². The monoisotopic (exact) mass is 284 g/mol. The van der Waals surface area contributed by atoms with Gasteiger partial charge in [0.15, 0.2) is 0 Å². The van der Waals surface area contributed by atoms with Gasteiger partial charge in [-0.1, -0.05) is 34.6 Å². The average molecular weight is 284 g/mol. The minimum Gasteiger partial charge on any atom is -0.393 e. The molecule has 1 fully saturated rings. The largest absolute Gasteiger partial charge is 0.393 e. The molecule has 1 aliphatic rings. The van der Waals surface area contributed by atoms with E-state index in [1.54, 1.807) is 0 Å². The third-order valence-corrected chi connectivity index (χ3v) is 4.06. The van der Waals surface area contributed by atoms with Crippen molar-refractivity contribution in [3.8, 4) is 0 Å². The molecule has 1 saturated heterocycles. The minimum absolute atomic E-state index is 0.0389. The zero-order valence-corrected chi connectivity index (χ0v) is 13.7. The summed E-state index contributed by atoms with van der Waals surface area (Å²) in [6.45, 7) is 11.7. The molecule has 0 aromatic carbocycles. The van der Waals surface area contributed by atoms with Crippen molar-refractivity contribution >= 4 is 5.91 Å². The first-order valence-corrected chi connectivity index (χ1v) is 7.81. The topological polar surface area (TPSA) is 66.6 Å². The lowest BCUT2D eigenvalue weighted by molar-refractivity contribution is -0.134. The normalized spacial score (nSPS) is 25.9. The first-order chi connectivity index (χ1) is 9.09. The Kier molecular flexibility index (Phi) is 6.02. The van der Waals surface area contributed by atoms with Gasteiger partial charge in [-0.2, -0.15) is 0 Å². The number of nitrogens with two attached hydrogens (primary N) is 1. The molecule has 1 rings (SSSR count). The van der Waals surface area contributed by atoms with Crippen molar-refractivity contribution in [2.75, 3.05) is 13.1 Å². The molecule has 3 atom stereocenters. The Balaban J connectivity index is 2.60. The molecule has 0 spiro atoms. The Hall–Kier alpha value is -0.610. The Bertz CT molecular complexity index is 323. The van der Waals surface area contributed by atoms with E-state index in [9.17, 15) is 9.90 Å². The summed E-state index contributed by atoms with van der Waals surface area (Å²) in [6, 6.07) is 0.0389. The van der Waals surface area contributed by atoms with Crippen molar-refractivity contribution in [3.63, 3.8) is 0 Å². The van der Waals surface area contributed by atoms with Crippen LogP contribution in [0.5, 0.6) is 0 Å². The molecule has 3 unspecified atom stereocenters. The molecule has 20 heavy (non-hydrogen) atoms. The first kappa shape index (κ1) is 17.4. The number of carbonyl (C=O) groups is 1. The zero-order chi connectivity index (χ0) is 15.5. The fourth-order valence-corrected chi connectivity index (χ4v) is 2.77. The maximum absolute atomic E-state index is 12.2. The van der Waals surface area contributed by atoms with Crippen LogP contribution in [0.3, 0.4) is 0 Å². The van der Waals surface area contributed by atoms with Crippen LogP contribution < -0.4 is 5.73 Å². The highest BCUT2D eigenvalue weighted by molar-refractivity contribution is 5.76. The van der Waals surface area contributed by atoms with Crippen LogP contribution in [-0.2, 0) is 4.79 Å². The number of amides is 1. The summed E-state index contributed by atoms with van der Waals surface area (Å²) in [7, 11) is 0. The minimum atomic E-state index is -0.347. The SMILES string of the molecule is CC(C)CC(=O)N1CC(N)CC(CC(O)C(C)(C)C)C1. The number of nitrogens with zero attached hydrogens (tertiary/aromatic N) is 1. The van der Waals surface area contributed by atoms with Crippen molar-refractivity contribution < 1.29 is 9.90 Å². The number of hydrogen-bond acceptors (Lipinski definition) is 3. The third-order valence-electron chi connectivity index (χ3n) is 4.06. The van der Waals surface area contributed by atoms with Crippen LogP contribution in [0.25, 0.3) is 0 Å². The van der Waals surface area contributed by atoms with Gasteiger partial charge < -0.3 is 15.7 Å². The number of likely N-dealkylation sites (tertiary alicyclic amines) is 1. The van der Waals surface area contributed by atoms with Gasteiger partial charge in [-0.05, 0) is 30.1 Å². The summed E-state index contributed by atoms with van der Waals surface area (Å²) in [6.07, 6.45) is 1.86. The van der Waals surface area contributed by atoms with Crippen molar-refractivity contribution in [1.29, 1.82) is 0 Å². The molecule has 1 aliphatic heterocycles. The van der Waals surface area contributed by atoms with E-state index in [1.807, 2.05) is 25.7 Å². The Labute approximate surface area is 123 Å². The Morgan fingerprint density at radius 3 is 2.45 bits per heavy atom. The van der Waals surface area contributed by atoms with E-state index in [-0.39, 0.29) is 23.5 Å². The lowest BCUT2D eigenvalue weighted by atomic mass is 9.80. The summed E-state index contributed by atoms with van der Waals surface area (Å²) >= 11 is 0. The Morgan fingerprint density at radius 1 is 1.35 bits per heavy atom. The van der Waals surface area contributed by atoms with Crippen LogP contribution in [0.2, 0.25) is 0 Å². The van der Waals surface area contributed by atoms with Crippen LogP contribution in [0.1, 0.15) is 53.9 Å². The van der Waals surface area contributed by atoms with Gasteiger partial charge in [-0.3, -0.25) is 4.79 Å². The van der Waals surface area contributed by atoms with Gasteiger partial charge in [-0.15, -0.1) is 0 Å². The van der Waals surface area contributed by atoms with Gasteiger partial charge in [0.2, 0.25) is 5.91 Å². The lowest BCUT2D eigenvalue weighted by Gasteiger charge is -2.39. The van der Waals surface area contributed by atoms with Gasteiger partial charge >= 0.3 is 0 Å². The summed E-state index contributed by atoms with van der Waals surface area (Å²) in [5.74, 6) is 0.883. The van der Waals surface area contributed by atoms with E-state index in [0.717, 1.165) is 19.4 Å². The maximum Gasteiger partial charge on any atom is 0.222 e. The van der Waals surface area contributed by atoms with E-state index in [4.69, 9.17) is 5.73 Å². The zero-order valence-electron chi connectivity index (χ0n) is 13.7. The second kappa shape index (κ2) is 6.90. The number of piperidine rings is 1. The van der Waals surface area contributed by atoms with Gasteiger partial charge in [0.05, 0.1) is 6.10 Å². The number of hydrogen-bond donors (Lipinski definition) is 2. The highest BCUT2D eigenvalue weighted by Crippen LogP contribution is 2.29. The van der Waals surface area contributed by atoms with Gasteiger partial charge in [0, 0.05) is 25.6 Å². The molecule has 0 aliphatic carbocycles. The van der Waals surface area contributed by atoms with E-state index < -0.39 is 0 Å². The Morgan fingerprint density at radius 2 is 1.95 bits per heavy atom. The third kappa shape index (κ3) is 5.41. The second-order valence-corrected chi connectivity index (χ2v) is 7.88. The van der Waals surface area contributed by atoms with Gasteiger partial charge in [0.25, 0.3) is 0 Å². The molecule has 0 saturated carbocycles. The number of rotatable bonds is 4. The quantitative estimate of drug-likeness (QED) is 0.830. The molecule has 0 aromatic heterocycles. The van der Waals surface area contributed by atoms with E-state index in [1.165, 1.54) is 0 Å². The number of aliphatic hydroxyl groups is 1. The first-order valence-electron chi connectivity index (χ1n) is 7.81. The molecular formula is C16H32N2O2. The average Bonchev–Trinajstić information content (AvgIpc) is 2.25. The molecule has 1 heterocycles. The maximum atomic E-state index is 12.2. The summed E-state index contributed by atoms with van der Waals surface area (Å²) in [4.78, 5) is 14.1. The van der Waals surface area contributed by atoms with Crippen LogP contribution in [0.15, 0.2) is 0 Å². The molecule has 0 bridgehead atoms. The summed E-state index contributed by atoms with van der Waals surface area (Å²) < 4.78 is 0. The van der Waals surface area contributed by atoms with E-state index >= 15 is 0 Å².